The lowest BCUT2D eigenvalue weighted by Crippen LogP contribution is -2.19. The number of rotatable bonds is 8. The Kier molecular flexibility index (Phi) is 6.08. The fourth-order valence-electron chi connectivity index (χ4n) is 2.00. The van der Waals surface area contributed by atoms with E-state index in [9.17, 15) is 0 Å². The molecule has 1 aromatic heterocycles. The van der Waals surface area contributed by atoms with Gasteiger partial charge in [-0.1, -0.05) is 19.9 Å². The van der Waals surface area contributed by atoms with Crippen LogP contribution in [0.15, 0.2) is 35.7 Å². The normalized spacial score (nSPS) is 10.9. The molecule has 0 radical (unpaired) electrons. The van der Waals surface area contributed by atoms with Crippen LogP contribution in [0.1, 0.15) is 24.3 Å². The van der Waals surface area contributed by atoms with Crippen molar-refractivity contribution in [3.05, 3.63) is 46.2 Å². The van der Waals surface area contributed by atoms with Gasteiger partial charge in [0.25, 0.3) is 0 Å². The summed E-state index contributed by atoms with van der Waals surface area (Å²) in [6, 6.07) is 10.1. The minimum absolute atomic E-state index is 0.612. The fourth-order valence-corrected chi connectivity index (χ4v) is 2.62. The third-order valence-corrected chi connectivity index (χ3v) is 3.94. The van der Waals surface area contributed by atoms with Crippen molar-refractivity contribution in [2.45, 2.75) is 27.0 Å². The molecule has 0 aliphatic heterocycles. The van der Waals surface area contributed by atoms with E-state index in [4.69, 9.17) is 9.47 Å². The second-order valence-electron chi connectivity index (χ2n) is 5.37. The fraction of sp³-hybridized carbons (Fsp3) is 0.412. The van der Waals surface area contributed by atoms with E-state index in [0.717, 1.165) is 30.2 Å². The first-order valence-electron chi connectivity index (χ1n) is 7.22. The number of ether oxygens (including phenoxy) is 2. The van der Waals surface area contributed by atoms with E-state index in [-0.39, 0.29) is 0 Å². The first kappa shape index (κ1) is 15.9. The van der Waals surface area contributed by atoms with Gasteiger partial charge in [-0.25, -0.2) is 0 Å². The highest BCUT2D eigenvalue weighted by Crippen LogP contribution is 2.25. The largest absolute Gasteiger partial charge is 0.497 e. The molecule has 0 aliphatic carbocycles. The second kappa shape index (κ2) is 8.05. The Labute approximate surface area is 130 Å². The Bertz CT molecular complexity index is 538. The van der Waals surface area contributed by atoms with Crippen molar-refractivity contribution in [1.82, 2.24) is 5.32 Å². The van der Waals surface area contributed by atoms with Gasteiger partial charge in [0.05, 0.1) is 7.11 Å². The highest BCUT2D eigenvalue weighted by atomic mass is 32.1. The van der Waals surface area contributed by atoms with Crippen LogP contribution >= 0.6 is 11.3 Å². The van der Waals surface area contributed by atoms with Gasteiger partial charge in [-0.15, -0.1) is 11.3 Å². The van der Waals surface area contributed by atoms with Crippen LogP contribution in [-0.2, 0) is 13.2 Å². The SMILES string of the molecule is COc1ccc(OCc2cccs2)c(CNCC(C)C)c1. The lowest BCUT2D eigenvalue weighted by molar-refractivity contribution is 0.304. The smallest absolute Gasteiger partial charge is 0.124 e. The molecule has 0 aliphatic rings. The van der Waals surface area contributed by atoms with Crippen LogP contribution in [0, 0.1) is 5.92 Å². The lowest BCUT2D eigenvalue weighted by atomic mass is 10.1. The maximum atomic E-state index is 5.95. The van der Waals surface area contributed by atoms with Crippen molar-refractivity contribution in [3.63, 3.8) is 0 Å². The third-order valence-electron chi connectivity index (χ3n) is 3.09. The summed E-state index contributed by atoms with van der Waals surface area (Å²) in [5.74, 6) is 2.41. The zero-order chi connectivity index (χ0) is 15.1. The highest BCUT2D eigenvalue weighted by molar-refractivity contribution is 7.09. The standard InChI is InChI=1S/C17H23NO2S/c1-13(2)10-18-11-14-9-15(19-3)6-7-17(14)20-12-16-5-4-8-21-16/h4-9,13,18H,10-12H2,1-3H3. The molecule has 0 amide bonds. The van der Waals surface area contributed by atoms with Crippen molar-refractivity contribution in [2.24, 2.45) is 5.92 Å². The molecule has 1 aromatic carbocycles. The molecule has 2 aromatic rings. The molecule has 3 nitrogen and oxygen atoms in total. The van der Waals surface area contributed by atoms with E-state index in [1.165, 1.54) is 4.88 Å². The molecule has 2 rings (SSSR count). The average Bonchev–Trinajstić information content (AvgIpc) is 2.98. The highest BCUT2D eigenvalue weighted by Gasteiger charge is 2.07. The molecule has 0 saturated carbocycles. The van der Waals surface area contributed by atoms with Gasteiger partial charge in [-0.3, -0.25) is 0 Å². The Morgan fingerprint density at radius 2 is 2.10 bits per heavy atom. The molecule has 0 fully saturated rings. The number of hydrogen-bond donors (Lipinski definition) is 1. The van der Waals surface area contributed by atoms with Gasteiger partial charge < -0.3 is 14.8 Å². The third kappa shape index (κ3) is 5.06. The van der Waals surface area contributed by atoms with Crippen LogP contribution in [-0.4, -0.2) is 13.7 Å². The molecule has 1 heterocycles. The summed E-state index contributed by atoms with van der Waals surface area (Å²) < 4.78 is 11.3. The van der Waals surface area contributed by atoms with Gasteiger partial charge >= 0.3 is 0 Å². The quantitative estimate of drug-likeness (QED) is 0.797. The van der Waals surface area contributed by atoms with Gasteiger partial charge in [0, 0.05) is 17.0 Å². The van der Waals surface area contributed by atoms with Gasteiger partial charge in [0.15, 0.2) is 0 Å². The summed E-state index contributed by atoms with van der Waals surface area (Å²) in [7, 11) is 1.69. The predicted octanol–water partition coefficient (Wildman–Crippen LogP) is 4.08. The van der Waals surface area contributed by atoms with Crippen LogP contribution in [0.25, 0.3) is 0 Å². The van der Waals surface area contributed by atoms with Gasteiger partial charge in [0.2, 0.25) is 0 Å². The molecule has 0 bridgehead atoms. The molecule has 21 heavy (non-hydrogen) atoms. The van der Waals surface area contributed by atoms with Crippen LogP contribution in [0.3, 0.4) is 0 Å². The van der Waals surface area contributed by atoms with Gasteiger partial charge in [-0.05, 0) is 42.1 Å². The molecular weight excluding hydrogens is 282 g/mol. The van der Waals surface area contributed by atoms with E-state index >= 15 is 0 Å². The van der Waals surface area contributed by atoms with Crippen molar-refractivity contribution in [2.75, 3.05) is 13.7 Å². The average molecular weight is 305 g/mol. The Balaban J connectivity index is 2.03. The summed E-state index contributed by atoms with van der Waals surface area (Å²) in [6.07, 6.45) is 0. The monoisotopic (exact) mass is 305 g/mol. The molecule has 114 valence electrons. The van der Waals surface area contributed by atoms with Gasteiger partial charge in [-0.2, -0.15) is 0 Å². The van der Waals surface area contributed by atoms with E-state index in [0.29, 0.717) is 12.5 Å². The summed E-state index contributed by atoms with van der Waals surface area (Å²) in [5.41, 5.74) is 1.13. The minimum Gasteiger partial charge on any atom is -0.497 e. The Morgan fingerprint density at radius 3 is 2.76 bits per heavy atom. The van der Waals surface area contributed by atoms with E-state index < -0.39 is 0 Å². The number of nitrogens with one attached hydrogen (secondary N) is 1. The number of thiophene rings is 1. The molecule has 1 N–H and O–H groups in total. The molecular formula is C17H23NO2S. The summed E-state index contributed by atoms with van der Waals surface area (Å²) in [5, 5.41) is 5.52. The Morgan fingerprint density at radius 1 is 1.24 bits per heavy atom. The van der Waals surface area contributed by atoms with E-state index in [1.54, 1.807) is 18.4 Å². The van der Waals surface area contributed by atoms with Crippen molar-refractivity contribution >= 4 is 11.3 Å². The van der Waals surface area contributed by atoms with E-state index in [2.05, 4.69) is 30.6 Å². The molecule has 0 unspecified atom stereocenters. The van der Waals surface area contributed by atoms with E-state index in [1.807, 2.05) is 24.3 Å². The minimum atomic E-state index is 0.612. The maximum absolute atomic E-state index is 5.95. The lowest BCUT2D eigenvalue weighted by Gasteiger charge is -2.14. The first-order chi connectivity index (χ1) is 10.2. The summed E-state index contributed by atoms with van der Waals surface area (Å²) >= 11 is 1.71. The Hall–Kier alpha value is -1.52. The second-order valence-corrected chi connectivity index (χ2v) is 6.40. The number of methoxy groups -OCH3 is 1. The zero-order valence-electron chi connectivity index (χ0n) is 12.9. The number of hydrogen-bond acceptors (Lipinski definition) is 4. The molecule has 0 saturated heterocycles. The topological polar surface area (TPSA) is 30.5 Å². The zero-order valence-corrected chi connectivity index (χ0v) is 13.7. The van der Waals surface area contributed by atoms with Gasteiger partial charge in [0.1, 0.15) is 18.1 Å². The first-order valence-corrected chi connectivity index (χ1v) is 8.10. The maximum Gasteiger partial charge on any atom is 0.124 e. The summed E-state index contributed by atoms with van der Waals surface area (Å²) in [4.78, 5) is 1.23. The van der Waals surface area contributed by atoms with Crippen LogP contribution in [0.5, 0.6) is 11.5 Å². The van der Waals surface area contributed by atoms with Crippen LogP contribution < -0.4 is 14.8 Å². The molecule has 0 atom stereocenters. The van der Waals surface area contributed by atoms with Crippen molar-refractivity contribution < 1.29 is 9.47 Å². The number of benzene rings is 1. The molecule has 0 spiro atoms. The van der Waals surface area contributed by atoms with Crippen LogP contribution in [0.4, 0.5) is 0 Å². The van der Waals surface area contributed by atoms with Crippen LogP contribution in [0.2, 0.25) is 0 Å². The van der Waals surface area contributed by atoms with Crippen molar-refractivity contribution in [3.8, 4) is 11.5 Å². The van der Waals surface area contributed by atoms with Crippen molar-refractivity contribution in [1.29, 1.82) is 0 Å². The predicted molar refractivity (Wildman–Crippen MR) is 88.2 cm³/mol. The molecule has 4 heteroatoms. The summed E-state index contributed by atoms with van der Waals surface area (Å²) in [6.45, 7) is 6.79.